The van der Waals surface area contributed by atoms with Gasteiger partial charge in [-0.3, -0.25) is 4.79 Å². The Labute approximate surface area is 183 Å². The molecule has 170 valence electrons. The van der Waals surface area contributed by atoms with Crippen LogP contribution in [0.15, 0.2) is 47.5 Å². The average Bonchev–Trinajstić information content (AvgIpc) is 3.17. The minimum Gasteiger partial charge on any atom is -0.480 e. The first kappa shape index (κ1) is 22.2. The number of thiazole rings is 1. The Bertz CT molecular complexity index is 1210. The number of nitrogens with zero attached hydrogens (tertiary/aromatic N) is 4. The van der Waals surface area contributed by atoms with Crippen molar-refractivity contribution in [2.45, 2.75) is 17.3 Å². The summed E-state index contributed by atoms with van der Waals surface area (Å²) in [6, 6.07) is 5.69. The predicted octanol–water partition coefficient (Wildman–Crippen LogP) is 2.55. The largest absolute Gasteiger partial charge is 0.573 e. The second-order valence-electron chi connectivity index (χ2n) is 6.76. The molecule has 9 nitrogen and oxygen atoms in total. The number of alkyl halides is 3. The van der Waals surface area contributed by atoms with E-state index in [4.69, 9.17) is 0 Å². The molecule has 1 aromatic carbocycles. The second kappa shape index (κ2) is 8.18. The summed E-state index contributed by atoms with van der Waals surface area (Å²) in [4.78, 5) is 22.5. The normalized spacial score (nSPS) is 18.1. The fourth-order valence-corrected chi connectivity index (χ4v) is 5.78. The van der Waals surface area contributed by atoms with Crippen LogP contribution in [-0.4, -0.2) is 65.8 Å². The minimum absolute atomic E-state index is 0.149. The number of benzene rings is 1. The van der Waals surface area contributed by atoms with Crippen LogP contribution in [0.3, 0.4) is 0 Å². The number of rotatable bonds is 5. The number of fused-ring (bicyclic) bond motifs is 1. The zero-order valence-corrected chi connectivity index (χ0v) is 17.7. The van der Waals surface area contributed by atoms with E-state index in [0.29, 0.717) is 15.5 Å². The summed E-state index contributed by atoms with van der Waals surface area (Å²) in [6.07, 6.45) is -3.30. The molecule has 32 heavy (non-hydrogen) atoms. The van der Waals surface area contributed by atoms with Crippen molar-refractivity contribution in [3.05, 3.63) is 42.6 Å². The Kier molecular flexibility index (Phi) is 5.68. The number of ether oxygens (including phenoxy) is 1. The Morgan fingerprint density at radius 2 is 1.91 bits per heavy atom. The molecule has 0 unspecified atom stereocenters. The van der Waals surface area contributed by atoms with Gasteiger partial charge >= 0.3 is 12.3 Å². The second-order valence-corrected chi connectivity index (χ2v) is 9.61. The van der Waals surface area contributed by atoms with Crippen molar-refractivity contribution in [3.8, 4) is 5.75 Å². The van der Waals surface area contributed by atoms with Crippen molar-refractivity contribution in [1.29, 1.82) is 0 Å². The van der Waals surface area contributed by atoms with Gasteiger partial charge in [0.05, 0.1) is 4.90 Å². The number of aliphatic carboxylic acids is 1. The number of hydrogen-bond acceptors (Lipinski definition) is 8. The molecule has 2 aromatic heterocycles. The van der Waals surface area contributed by atoms with E-state index in [1.54, 1.807) is 23.2 Å². The van der Waals surface area contributed by atoms with E-state index in [1.807, 2.05) is 0 Å². The number of piperazine rings is 1. The minimum atomic E-state index is -4.92. The van der Waals surface area contributed by atoms with E-state index in [1.165, 1.54) is 11.3 Å². The van der Waals surface area contributed by atoms with Gasteiger partial charge in [0.2, 0.25) is 10.0 Å². The first-order valence-electron chi connectivity index (χ1n) is 9.11. The molecular weight excluding hydrogens is 473 g/mol. The Hall–Kier alpha value is -2.97. The quantitative estimate of drug-likeness (QED) is 0.583. The van der Waals surface area contributed by atoms with Gasteiger partial charge in [0.25, 0.3) is 0 Å². The van der Waals surface area contributed by atoms with Gasteiger partial charge in [0.15, 0.2) is 5.13 Å². The highest BCUT2D eigenvalue weighted by Crippen LogP contribution is 2.31. The van der Waals surface area contributed by atoms with Crippen LogP contribution in [0.4, 0.5) is 18.3 Å². The molecule has 1 aliphatic heterocycles. The van der Waals surface area contributed by atoms with Crippen LogP contribution in [-0.2, 0) is 14.8 Å². The smallest absolute Gasteiger partial charge is 0.480 e. The molecule has 1 fully saturated rings. The summed E-state index contributed by atoms with van der Waals surface area (Å²) >= 11 is 1.27. The highest BCUT2D eigenvalue weighted by molar-refractivity contribution is 7.89. The van der Waals surface area contributed by atoms with Crippen LogP contribution < -0.4 is 9.64 Å². The predicted molar refractivity (Wildman–Crippen MR) is 108 cm³/mol. The molecule has 0 spiro atoms. The van der Waals surface area contributed by atoms with Gasteiger partial charge in [-0.05, 0) is 36.4 Å². The van der Waals surface area contributed by atoms with Crippen LogP contribution >= 0.6 is 11.3 Å². The maximum Gasteiger partial charge on any atom is 0.573 e. The SMILES string of the molecule is O=C(O)[C@H]1CN(c2nc3cccnc3s2)CCN1S(=O)(=O)c1ccc(OC(F)(F)F)cc1. The van der Waals surface area contributed by atoms with Crippen molar-refractivity contribution in [1.82, 2.24) is 14.3 Å². The molecule has 1 atom stereocenters. The van der Waals surface area contributed by atoms with E-state index in [0.717, 1.165) is 28.6 Å². The van der Waals surface area contributed by atoms with Crippen molar-refractivity contribution >= 4 is 42.8 Å². The fourth-order valence-electron chi connectivity index (χ4n) is 3.27. The lowest BCUT2D eigenvalue weighted by Crippen LogP contribution is -2.58. The third-order valence-electron chi connectivity index (χ3n) is 4.71. The van der Waals surface area contributed by atoms with Crippen molar-refractivity contribution in [2.75, 3.05) is 24.5 Å². The number of hydrogen-bond donors (Lipinski definition) is 1. The van der Waals surface area contributed by atoms with E-state index in [9.17, 15) is 31.5 Å². The zero-order chi connectivity index (χ0) is 23.1. The van der Waals surface area contributed by atoms with E-state index >= 15 is 0 Å². The van der Waals surface area contributed by atoms with Gasteiger partial charge in [-0.1, -0.05) is 11.3 Å². The van der Waals surface area contributed by atoms with Crippen LogP contribution in [0.1, 0.15) is 0 Å². The number of carbonyl (C=O) groups is 1. The first-order chi connectivity index (χ1) is 15.0. The lowest BCUT2D eigenvalue weighted by molar-refractivity contribution is -0.274. The van der Waals surface area contributed by atoms with Crippen LogP contribution in [0.25, 0.3) is 10.3 Å². The third kappa shape index (κ3) is 4.47. The van der Waals surface area contributed by atoms with E-state index in [-0.39, 0.29) is 24.5 Å². The molecule has 3 aromatic rings. The van der Waals surface area contributed by atoms with E-state index < -0.39 is 34.1 Å². The van der Waals surface area contributed by atoms with E-state index in [2.05, 4.69) is 14.7 Å². The van der Waals surface area contributed by atoms with Crippen LogP contribution in [0.2, 0.25) is 0 Å². The number of carboxylic acid groups (broad SMARTS) is 1. The zero-order valence-electron chi connectivity index (χ0n) is 16.1. The molecule has 0 saturated carbocycles. The van der Waals surface area contributed by atoms with Gasteiger partial charge in [-0.2, -0.15) is 4.31 Å². The molecule has 4 rings (SSSR count). The highest BCUT2D eigenvalue weighted by atomic mass is 32.2. The number of sulfonamides is 1. The lowest BCUT2D eigenvalue weighted by atomic mass is 10.2. The number of carboxylic acids is 1. The highest BCUT2D eigenvalue weighted by Gasteiger charge is 2.41. The Balaban J connectivity index is 1.57. The van der Waals surface area contributed by atoms with Gasteiger partial charge in [0.1, 0.15) is 22.1 Å². The summed E-state index contributed by atoms with van der Waals surface area (Å²) in [5.74, 6) is -1.94. The molecule has 14 heteroatoms. The third-order valence-corrected chi connectivity index (χ3v) is 7.67. The number of pyridine rings is 1. The molecule has 3 heterocycles. The molecule has 0 aliphatic carbocycles. The summed E-state index contributed by atoms with van der Waals surface area (Å²) in [5, 5.41) is 10.2. The topological polar surface area (TPSA) is 113 Å². The maximum atomic E-state index is 13.0. The molecule has 1 N–H and O–H groups in total. The van der Waals surface area contributed by atoms with Crippen molar-refractivity contribution < 1.29 is 36.2 Å². The maximum absolute atomic E-state index is 13.0. The summed E-state index contributed by atoms with van der Waals surface area (Å²) in [7, 11) is -4.29. The molecule has 0 radical (unpaired) electrons. The summed E-state index contributed by atoms with van der Waals surface area (Å²) < 4.78 is 67.6. The Morgan fingerprint density at radius 1 is 1.19 bits per heavy atom. The van der Waals surface area contributed by atoms with Crippen LogP contribution in [0, 0.1) is 0 Å². The molecule has 0 amide bonds. The molecule has 0 bridgehead atoms. The molecular formula is C18H15F3N4O5S2. The Morgan fingerprint density at radius 3 is 2.53 bits per heavy atom. The number of anilines is 1. The average molecular weight is 488 g/mol. The summed E-state index contributed by atoms with van der Waals surface area (Å²) in [5.41, 5.74) is 0.649. The van der Waals surface area contributed by atoms with Gasteiger partial charge in [-0.15, -0.1) is 13.2 Å². The van der Waals surface area contributed by atoms with Crippen LogP contribution in [0.5, 0.6) is 5.75 Å². The molecule has 1 saturated heterocycles. The monoisotopic (exact) mass is 488 g/mol. The van der Waals surface area contributed by atoms with Gasteiger partial charge < -0.3 is 14.7 Å². The molecule has 1 aliphatic rings. The fraction of sp³-hybridized carbons (Fsp3) is 0.278. The van der Waals surface area contributed by atoms with Gasteiger partial charge in [0, 0.05) is 25.8 Å². The lowest BCUT2D eigenvalue weighted by Gasteiger charge is -2.38. The number of halogens is 3. The van der Waals surface area contributed by atoms with Crippen molar-refractivity contribution in [3.63, 3.8) is 0 Å². The summed E-state index contributed by atoms with van der Waals surface area (Å²) in [6.45, 7) is -0.120. The standard InChI is InChI=1S/C18H15F3N4O5S2/c19-18(20,21)30-11-3-5-12(6-4-11)32(28,29)25-9-8-24(10-14(25)16(26)27)17-23-13-2-1-7-22-15(13)31-17/h1-7,14H,8-10H2,(H,26,27)/t14-/m1/s1. The van der Waals surface area contributed by atoms with Gasteiger partial charge in [-0.25, -0.2) is 18.4 Å². The number of aromatic nitrogens is 2. The first-order valence-corrected chi connectivity index (χ1v) is 11.4. The van der Waals surface area contributed by atoms with Crippen molar-refractivity contribution in [2.24, 2.45) is 0 Å².